The number of nitrogens with zero attached hydrogens (tertiary/aromatic N) is 1. The van der Waals surface area contributed by atoms with Crippen molar-refractivity contribution in [3.8, 4) is 0 Å². The van der Waals surface area contributed by atoms with Crippen LogP contribution in [0.5, 0.6) is 0 Å². The van der Waals surface area contributed by atoms with E-state index in [1.807, 2.05) is 14.0 Å². The second-order valence-electron chi connectivity index (χ2n) is 5.43. The zero-order valence-corrected chi connectivity index (χ0v) is 13.9. The SMILES string of the molecule is CN[C@@H](C)C(=S)NC1CCC(=O)N2C(CCC2C(N)=O)S1. The summed E-state index contributed by atoms with van der Waals surface area (Å²) in [5.41, 5.74) is 5.40. The highest BCUT2D eigenvalue weighted by molar-refractivity contribution is 8.00. The van der Waals surface area contributed by atoms with Gasteiger partial charge in [-0.15, -0.1) is 11.8 Å². The Kier molecular flexibility index (Phi) is 5.45. The standard InChI is InChI=1S/C13H22N4O2S2/c1-7(15-2)13(20)16-9-4-5-10(18)17-8(12(14)19)3-6-11(17)21-9/h7-9,11,15H,3-6H2,1-2H3,(H2,14,19)(H,16,20)/t7-,8?,9?,11?/m0/s1. The Balaban J connectivity index is 2.03. The molecule has 4 N–H and O–H groups in total. The maximum Gasteiger partial charge on any atom is 0.240 e. The molecule has 2 rings (SSSR count). The summed E-state index contributed by atoms with van der Waals surface area (Å²) in [5.74, 6) is -0.386. The van der Waals surface area contributed by atoms with E-state index in [1.165, 1.54) is 0 Å². The average Bonchev–Trinajstić information content (AvgIpc) is 2.80. The average molecular weight is 330 g/mol. The number of thioether (sulfide) groups is 1. The van der Waals surface area contributed by atoms with Crippen molar-refractivity contribution in [2.45, 2.75) is 55.4 Å². The van der Waals surface area contributed by atoms with E-state index in [9.17, 15) is 9.59 Å². The van der Waals surface area contributed by atoms with E-state index in [-0.39, 0.29) is 22.7 Å². The summed E-state index contributed by atoms with van der Waals surface area (Å²) in [6.45, 7) is 1.99. The number of thiocarbonyl (C=S) groups is 1. The van der Waals surface area contributed by atoms with Gasteiger partial charge in [-0.25, -0.2) is 0 Å². The molecule has 21 heavy (non-hydrogen) atoms. The van der Waals surface area contributed by atoms with E-state index in [0.29, 0.717) is 19.3 Å². The fourth-order valence-corrected chi connectivity index (χ4v) is 4.52. The number of fused-ring (bicyclic) bond motifs is 1. The molecule has 2 saturated heterocycles. The molecule has 0 spiro atoms. The largest absolute Gasteiger partial charge is 0.368 e. The summed E-state index contributed by atoms with van der Waals surface area (Å²) < 4.78 is 0. The topological polar surface area (TPSA) is 87.5 Å². The molecular weight excluding hydrogens is 308 g/mol. The van der Waals surface area contributed by atoms with Gasteiger partial charge in [0.15, 0.2) is 0 Å². The first-order chi connectivity index (χ1) is 9.93. The van der Waals surface area contributed by atoms with Gasteiger partial charge < -0.3 is 21.3 Å². The van der Waals surface area contributed by atoms with E-state index in [0.717, 1.165) is 11.4 Å². The van der Waals surface area contributed by atoms with Gasteiger partial charge in [-0.2, -0.15) is 0 Å². The van der Waals surface area contributed by atoms with Crippen LogP contribution in [0.1, 0.15) is 32.6 Å². The Morgan fingerprint density at radius 3 is 2.81 bits per heavy atom. The number of primary amides is 1. The van der Waals surface area contributed by atoms with Gasteiger partial charge in [-0.3, -0.25) is 9.59 Å². The van der Waals surface area contributed by atoms with E-state index in [4.69, 9.17) is 18.0 Å². The zero-order valence-electron chi connectivity index (χ0n) is 12.3. The van der Waals surface area contributed by atoms with Crippen LogP contribution in [0.4, 0.5) is 0 Å². The number of hydrogen-bond donors (Lipinski definition) is 3. The molecule has 118 valence electrons. The zero-order chi connectivity index (χ0) is 15.6. The maximum atomic E-state index is 12.3. The van der Waals surface area contributed by atoms with Gasteiger partial charge in [-0.1, -0.05) is 12.2 Å². The molecule has 0 saturated carbocycles. The Morgan fingerprint density at radius 2 is 2.19 bits per heavy atom. The monoisotopic (exact) mass is 330 g/mol. The van der Waals surface area contributed by atoms with E-state index >= 15 is 0 Å². The number of carbonyl (C=O) groups excluding carboxylic acids is 2. The minimum Gasteiger partial charge on any atom is -0.368 e. The molecule has 2 amide bonds. The lowest BCUT2D eigenvalue weighted by Gasteiger charge is -2.27. The molecule has 4 atom stereocenters. The van der Waals surface area contributed by atoms with Crippen molar-refractivity contribution in [1.29, 1.82) is 0 Å². The van der Waals surface area contributed by atoms with Gasteiger partial charge in [0.1, 0.15) is 6.04 Å². The second-order valence-corrected chi connectivity index (χ2v) is 7.26. The molecule has 0 bridgehead atoms. The summed E-state index contributed by atoms with van der Waals surface area (Å²) in [7, 11) is 1.86. The number of hydrogen-bond acceptors (Lipinski definition) is 5. The van der Waals surface area contributed by atoms with Crippen LogP contribution in [0.15, 0.2) is 0 Å². The molecule has 2 fully saturated rings. The van der Waals surface area contributed by atoms with Crippen molar-refractivity contribution in [2.24, 2.45) is 5.73 Å². The molecule has 6 nitrogen and oxygen atoms in total. The van der Waals surface area contributed by atoms with Gasteiger partial charge in [-0.05, 0) is 33.2 Å². The lowest BCUT2D eigenvalue weighted by molar-refractivity contribution is -0.137. The molecule has 0 aromatic carbocycles. The number of amides is 2. The number of nitrogens with one attached hydrogen (secondary N) is 2. The molecule has 2 aliphatic rings. The molecular formula is C13H22N4O2S2. The van der Waals surface area contributed by atoms with Gasteiger partial charge in [0.2, 0.25) is 11.8 Å². The molecule has 8 heteroatoms. The summed E-state index contributed by atoms with van der Waals surface area (Å²) in [4.78, 5) is 26.2. The normalized spacial score (nSPS) is 30.5. The molecule has 0 aromatic rings. The van der Waals surface area contributed by atoms with Crippen molar-refractivity contribution in [3.05, 3.63) is 0 Å². The van der Waals surface area contributed by atoms with Crippen LogP contribution < -0.4 is 16.4 Å². The minimum atomic E-state index is -0.447. The quantitative estimate of drug-likeness (QED) is 0.637. The fourth-order valence-electron chi connectivity index (χ4n) is 2.69. The fraction of sp³-hybridized carbons (Fsp3) is 0.769. The van der Waals surface area contributed by atoms with Crippen molar-refractivity contribution < 1.29 is 9.59 Å². The molecule has 3 unspecified atom stereocenters. The molecule has 2 heterocycles. The van der Waals surface area contributed by atoms with E-state index in [2.05, 4.69) is 10.6 Å². The third kappa shape index (κ3) is 3.67. The van der Waals surface area contributed by atoms with Crippen LogP contribution in [0, 0.1) is 0 Å². The summed E-state index contributed by atoms with van der Waals surface area (Å²) in [5, 5.41) is 6.53. The van der Waals surface area contributed by atoms with Crippen molar-refractivity contribution in [2.75, 3.05) is 7.05 Å². The first kappa shape index (κ1) is 16.5. The summed E-state index contributed by atoms with van der Waals surface area (Å²) in [6, 6.07) is -0.352. The Morgan fingerprint density at radius 1 is 1.48 bits per heavy atom. The van der Waals surface area contributed by atoms with Crippen molar-refractivity contribution in [1.82, 2.24) is 15.5 Å². The third-order valence-corrected chi connectivity index (χ3v) is 5.95. The van der Waals surface area contributed by atoms with E-state index < -0.39 is 11.9 Å². The van der Waals surface area contributed by atoms with Crippen LogP contribution in [0.2, 0.25) is 0 Å². The maximum absolute atomic E-state index is 12.3. The van der Waals surface area contributed by atoms with Crippen molar-refractivity contribution >= 4 is 40.8 Å². The van der Waals surface area contributed by atoms with Gasteiger partial charge in [0.05, 0.1) is 21.8 Å². The van der Waals surface area contributed by atoms with Gasteiger partial charge in [0.25, 0.3) is 0 Å². The Labute approximate surface area is 134 Å². The lowest BCUT2D eigenvalue weighted by atomic mass is 10.2. The number of nitrogens with two attached hydrogens (primary N) is 1. The number of rotatable bonds is 4. The molecule has 0 radical (unpaired) electrons. The predicted molar refractivity (Wildman–Crippen MR) is 87.7 cm³/mol. The Hall–Kier alpha value is -0.860. The second kappa shape index (κ2) is 6.93. The third-order valence-electron chi connectivity index (χ3n) is 4.02. The van der Waals surface area contributed by atoms with E-state index in [1.54, 1.807) is 16.7 Å². The number of carbonyl (C=O) groups is 2. The number of likely N-dealkylation sites (N-methyl/N-ethyl adjacent to an activating group) is 1. The Bertz CT molecular complexity index is 446. The highest BCUT2D eigenvalue weighted by Crippen LogP contribution is 2.38. The molecule has 0 aromatic heterocycles. The van der Waals surface area contributed by atoms with Crippen LogP contribution >= 0.6 is 24.0 Å². The van der Waals surface area contributed by atoms with Gasteiger partial charge >= 0.3 is 0 Å². The molecule has 2 aliphatic heterocycles. The summed E-state index contributed by atoms with van der Waals surface area (Å²) in [6.07, 6.45) is 2.58. The highest BCUT2D eigenvalue weighted by atomic mass is 32.2. The van der Waals surface area contributed by atoms with Crippen LogP contribution in [-0.2, 0) is 9.59 Å². The molecule has 0 aliphatic carbocycles. The highest BCUT2D eigenvalue weighted by Gasteiger charge is 2.43. The summed E-state index contributed by atoms with van der Waals surface area (Å²) >= 11 is 7.03. The van der Waals surface area contributed by atoms with Crippen LogP contribution in [0.25, 0.3) is 0 Å². The van der Waals surface area contributed by atoms with Crippen LogP contribution in [0.3, 0.4) is 0 Å². The lowest BCUT2D eigenvalue weighted by Crippen LogP contribution is -2.46. The first-order valence-electron chi connectivity index (χ1n) is 7.17. The van der Waals surface area contributed by atoms with Crippen molar-refractivity contribution in [3.63, 3.8) is 0 Å². The first-order valence-corrected chi connectivity index (χ1v) is 8.52. The van der Waals surface area contributed by atoms with Crippen LogP contribution in [-0.4, -0.2) is 51.6 Å². The predicted octanol–water partition coefficient (Wildman–Crippen LogP) is 0.167. The van der Waals surface area contributed by atoms with Gasteiger partial charge in [0, 0.05) is 6.42 Å². The smallest absolute Gasteiger partial charge is 0.240 e. The minimum absolute atomic E-state index is 0.0164.